The Morgan fingerprint density at radius 2 is 2.28 bits per heavy atom. The summed E-state index contributed by atoms with van der Waals surface area (Å²) in [7, 11) is 0. The molecule has 1 aliphatic heterocycles. The van der Waals surface area contributed by atoms with Gasteiger partial charge < -0.3 is 20.3 Å². The fraction of sp³-hybridized carbons (Fsp3) is 0.667. The quantitative estimate of drug-likeness (QED) is 0.573. The van der Waals surface area contributed by atoms with Gasteiger partial charge in [-0.05, 0) is 12.5 Å². The predicted octanol–water partition coefficient (Wildman–Crippen LogP) is 0.682. The van der Waals surface area contributed by atoms with Crippen LogP contribution in [0.15, 0.2) is 12.3 Å². The number of ether oxygens (including phenoxy) is 1. The monoisotopic (exact) mass is 251 g/mol. The molecule has 0 atom stereocenters. The highest BCUT2D eigenvalue weighted by molar-refractivity contribution is 5.42. The van der Waals surface area contributed by atoms with Gasteiger partial charge in [0.05, 0.1) is 0 Å². The molecule has 100 valence electrons. The fourth-order valence-corrected chi connectivity index (χ4v) is 1.84. The van der Waals surface area contributed by atoms with Crippen molar-refractivity contribution in [2.75, 3.05) is 49.7 Å². The molecule has 18 heavy (non-hydrogen) atoms. The summed E-state index contributed by atoms with van der Waals surface area (Å²) in [6.07, 6.45) is 2.80. The number of piperazine rings is 1. The molecule has 2 N–H and O–H groups in total. The van der Waals surface area contributed by atoms with Crippen LogP contribution in [0.2, 0.25) is 0 Å². The number of hydrogen-bond acceptors (Lipinski definition) is 6. The second-order valence-electron chi connectivity index (χ2n) is 4.20. The summed E-state index contributed by atoms with van der Waals surface area (Å²) in [6, 6.07) is 1.95. The number of hydrogen-bond donors (Lipinski definition) is 2. The molecule has 0 aromatic carbocycles. The second-order valence-corrected chi connectivity index (χ2v) is 4.20. The summed E-state index contributed by atoms with van der Waals surface area (Å²) in [5.74, 6) is 1.60. The maximum absolute atomic E-state index is 5.36. The van der Waals surface area contributed by atoms with Crippen LogP contribution in [0.1, 0.15) is 13.3 Å². The first-order valence-corrected chi connectivity index (χ1v) is 6.50. The van der Waals surface area contributed by atoms with E-state index < -0.39 is 0 Å². The third kappa shape index (κ3) is 3.82. The SMILES string of the molecule is CCCOCNc1nccc(N2CCNCC2)n1. The standard InChI is InChI=1S/C12H21N5O/c1-2-9-18-10-15-12-14-4-3-11(16-12)17-7-5-13-6-8-17/h3-4,13H,2,5-10H2,1H3,(H,14,15,16). The van der Waals surface area contributed by atoms with Crippen LogP contribution < -0.4 is 15.5 Å². The average Bonchev–Trinajstić information content (AvgIpc) is 2.45. The Labute approximate surface area is 108 Å². The van der Waals surface area contributed by atoms with E-state index in [4.69, 9.17) is 4.74 Å². The highest BCUT2D eigenvalue weighted by Crippen LogP contribution is 2.12. The van der Waals surface area contributed by atoms with Gasteiger partial charge in [-0.3, -0.25) is 0 Å². The molecule has 0 unspecified atom stereocenters. The third-order valence-electron chi connectivity index (χ3n) is 2.76. The molecule has 0 aliphatic carbocycles. The van der Waals surface area contributed by atoms with Crippen molar-refractivity contribution < 1.29 is 4.74 Å². The lowest BCUT2D eigenvalue weighted by Crippen LogP contribution is -2.43. The van der Waals surface area contributed by atoms with Crippen molar-refractivity contribution in [3.63, 3.8) is 0 Å². The largest absolute Gasteiger partial charge is 0.361 e. The van der Waals surface area contributed by atoms with Crippen molar-refractivity contribution in [2.24, 2.45) is 0 Å². The van der Waals surface area contributed by atoms with Crippen LogP contribution in [0, 0.1) is 0 Å². The van der Waals surface area contributed by atoms with Crippen molar-refractivity contribution in [3.8, 4) is 0 Å². The lowest BCUT2D eigenvalue weighted by Gasteiger charge is -2.28. The summed E-state index contributed by atoms with van der Waals surface area (Å²) < 4.78 is 5.36. The molecule has 1 saturated heterocycles. The van der Waals surface area contributed by atoms with E-state index in [0.29, 0.717) is 12.7 Å². The Morgan fingerprint density at radius 1 is 1.44 bits per heavy atom. The van der Waals surface area contributed by atoms with Gasteiger partial charge >= 0.3 is 0 Å². The van der Waals surface area contributed by atoms with Crippen molar-refractivity contribution >= 4 is 11.8 Å². The molecule has 1 aromatic rings. The Kier molecular flexibility index (Phi) is 5.16. The molecule has 1 aromatic heterocycles. The number of aromatic nitrogens is 2. The molecule has 0 bridgehead atoms. The summed E-state index contributed by atoms with van der Waals surface area (Å²) in [4.78, 5) is 10.9. The molecule has 2 heterocycles. The smallest absolute Gasteiger partial charge is 0.226 e. The van der Waals surface area contributed by atoms with E-state index >= 15 is 0 Å². The Balaban J connectivity index is 1.88. The molecule has 0 spiro atoms. The lowest BCUT2D eigenvalue weighted by molar-refractivity contribution is 0.152. The van der Waals surface area contributed by atoms with Gasteiger partial charge in [-0.1, -0.05) is 6.92 Å². The Bertz CT molecular complexity index is 354. The van der Waals surface area contributed by atoms with Crippen molar-refractivity contribution in [1.82, 2.24) is 15.3 Å². The molecule has 1 aliphatic rings. The molecule has 0 saturated carbocycles. The van der Waals surface area contributed by atoms with E-state index in [1.807, 2.05) is 6.07 Å². The number of nitrogens with zero attached hydrogens (tertiary/aromatic N) is 3. The van der Waals surface area contributed by atoms with Crippen molar-refractivity contribution in [2.45, 2.75) is 13.3 Å². The first-order chi connectivity index (χ1) is 8.90. The van der Waals surface area contributed by atoms with Gasteiger partial charge in [-0.25, -0.2) is 4.98 Å². The minimum Gasteiger partial charge on any atom is -0.361 e. The Morgan fingerprint density at radius 3 is 3.06 bits per heavy atom. The number of nitrogens with one attached hydrogen (secondary N) is 2. The maximum atomic E-state index is 5.36. The second kappa shape index (κ2) is 7.13. The van der Waals surface area contributed by atoms with Crippen molar-refractivity contribution in [3.05, 3.63) is 12.3 Å². The summed E-state index contributed by atoms with van der Waals surface area (Å²) in [5.41, 5.74) is 0. The van der Waals surface area contributed by atoms with E-state index in [-0.39, 0.29) is 0 Å². The minimum atomic E-state index is 0.457. The average molecular weight is 251 g/mol. The van der Waals surface area contributed by atoms with Gasteiger partial charge in [0.1, 0.15) is 12.5 Å². The zero-order chi connectivity index (χ0) is 12.6. The molecule has 2 rings (SSSR count). The molecule has 0 amide bonds. The van der Waals surface area contributed by atoms with E-state index in [9.17, 15) is 0 Å². The van der Waals surface area contributed by atoms with Gasteiger partial charge in [-0.2, -0.15) is 4.98 Å². The summed E-state index contributed by atoms with van der Waals surface area (Å²) >= 11 is 0. The highest BCUT2D eigenvalue weighted by Gasteiger charge is 2.11. The van der Waals surface area contributed by atoms with E-state index in [1.165, 1.54) is 0 Å². The summed E-state index contributed by atoms with van der Waals surface area (Å²) in [6.45, 7) is 7.29. The molecular weight excluding hydrogens is 230 g/mol. The molecule has 0 radical (unpaired) electrons. The predicted molar refractivity (Wildman–Crippen MR) is 71.8 cm³/mol. The van der Waals surface area contributed by atoms with Crippen LogP contribution in [0.5, 0.6) is 0 Å². The van der Waals surface area contributed by atoms with E-state index in [1.54, 1.807) is 6.20 Å². The van der Waals surface area contributed by atoms with Crippen molar-refractivity contribution in [1.29, 1.82) is 0 Å². The minimum absolute atomic E-state index is 0.457. The zero-order valence-electron chi connectivity index (χ0n) is 10.9. The normalized spacial score (nSPS) is 15.7. The molecule has 6 heteroatoms. The van der Waals surface area contributed by atoms with Gasteiger partial charge in [0.15, 0.2) is 0 Å². The van der Waals surface area contributed by atoms with Gasteiger partial charge in [-0.15, -0.1) is 0 Å². The molecule has 6 nitrogen and oxygen atoms in total. The summed E-state index contributed by atoms with van der Waals surface area (Å²) in [5, 5.41) is 6.40. The maximum Gasteiger partial charge on any atom is 0.226 e. The van der Waals surface area contributed by atoms with Crippen LogP contribution in [0.25, 0.3) is 0 Å². The van der Waals surface area contributed by atoms with Crippen LogP contribution in [0.4, 0.5) is 11.8 Å². The molecule has 1 fully saturated rings. The molecular formula is C12H21N5O. The first-order valence-electron chi connectivity index (χ1n) is 6.50. The van der Waals surface area contributed by atoms with Gasteiger partial charge in [0.25, 0.3) is 0 Å². The third-order valence-corrected chi connectivity index (χ3v) is 2.76. The van der Waals surface area contributed by atoms with Crippen LogP contribution in [-0.4, -0.2) is 49.5 Å². The van der Waals surface area contributed by atoms with Crippen LogP contribution >= 0.6 is 0 Å². The number of rotatable bonds is 6. The van der Waals surface area contributed by atoms with Gasteiger partial charge in [0, 0.05) is 39.0 Å². The van der Waals surface area contributed by atoms with E-state index in [2.05, 4.69) is 32.4 Å². The highest BCUT2D eigenvalue weighted by atomic mass is 16.5. The first kappa shape index (κ1) is 13.0. The Hall–Kier alpha value is -1.40. The van der Waals surface area contributed by atoms with E-state index in [0.717, 1.165) is 45.0 Å². The number of anilines is 2. The van der Waals surface area contributed by atoms with Crippen LogP contribution in [-0.2, 0) is 4.74 Å². The lowest BCUT2D eigenvalue weighted by atomic mass is 10.3. The zero-order valence-corrected chi connectivity index (χ0v) is 10.9. The topological polar surface area (TPSA) is 62.3 Å². The van der Waals surface area contributed by atoms with Crippen LogP contribution in [0.3, 0.4) is 0 Å². The fourth-order valence-electron chi connectivity index (χ4n) is 1.84. The van der Waals surface area contributed by atoms with Gasteiger partial charge in [0.2, 0.25) is 5.95 Å².